The third-order valence-electron chi connectivity index (χ3n) is 2.89. The summed E-state index contributed by atoms with van der Waals surface area (Å²) in [5.74, 6) is 0.776. The summed E-state index contributed by atoms with van der Waals surface area (Å²) in [5, 5.41) is 0. The molecule has 1 rings (SSSR count). The molecular formula is C11H25N3. The third kappa shape index (κ3) is 3.56. The fraction of sp³-hybridized carbons (Fsp3) is 1.00. The van der Waals surface area contributed by atoms with Crippen molar-refractivity contribution in [2.24, 2.45) is 11.7 Å². The van der Waals surface area contributed by atoms with Gasteiger partial charge in [0.2, 0.25) is 0 Å². The van der Waals surface area contributed by atoms with E-state index in [2.05, 4.69) is 30.6 Å². The lowest BCUT2D eigenvalue weighted by Crippen LogP contribution is -2.53. The highest BCUT2D eigenvalue weighted by atomic mass is 15.3. The van der Waals surface area contributed by atoms with E-state index in [9.17, 15) is 0 Å². The van der Waals surface area contributed by atoms with Gasteiger partial charge in [0.1, 0.15) is 0 Å². The van der Waals surface area contributed by atoms with Crippen LogP contribution in [0, 0.1) is 5.92 Å². The van der Waals surface area contributed by atoms with E-state index in [1.807, 2.05) is 0 Å². The molecule has 0 aliphatic carbocycles. The van der Waals surface area contributed by atoms with Gasteiger partial charge in [-0.15, -0.1) is 0 Å². The lowest BCUT2D eigenvalue weighted by molar-refractivity contribution is 0.0763. The van der Waals surface area contributed by atoms with E-state index in [0.717, 1.165) is 19.0 Å². The number of hydrogen-bond donors (Lipinski definition) is 1. The number of rotatable bonds is 4. The molecule has 1 aliphatic rings. The van der Waals surface area contributed by atoms with Crippen LogP contribution in [0.5, 0.6) is 0 Å². The zero-order valence-corrected chi connectivity index (χ0v) is 9.87. The summed E-state index contributed by atoms with van der Waals surface area (Å²) in [6.45, 7) is 13.6. The first-order chi connectivity index (χ1) is 6.63. The first-order valence-electron chi connectivity index (χ1n) is 5.80. The Bertz CT molecular complexity index is 159. The first-order valence-corrected chi connectivity index (χ1v) is 5.80. The quantitative estimate of drug-likeness (QED) is 0.720. The van der Waals surface area contributed by atoms with Gasteiger partial charge in [-0.2, -0.15) is 0 Å². The van der Waals surface area contributed by atoms with Gasteiger partial charge in [0, 0.05) is 45.3 Å². The standard InChI is InChI=1S/C11H25N3/c1-10(2)8-14-7-6-13(5-4-12)9-11(14)3/h10-11H,4-9,12H2,1-3H3/t11-/m1/s1. The van der Waals surface area contributed by atoms with Crippen LogP contribution in [0.25, 0.3) is 0 Å². The van der Waals surface area contributed by atoms with Crippen LogP contribution in [-0.4, -0.2) is 55.1 Å². The Morgan fingerprint density at radius 2 is 2.07 bits per heavy atom. The van der Waals surface area contributed by atoms with Crippen molar-refractivity contribution in [3.05, 3.63) is 0 Å². The molecule has 2 N–H and O–H groups in total. The van der Waals surface area contributed by atoms with Crippen molar-refractivity contribution in [1.29, 1.82) is 0 Å². The molecule has 3 nitrogen and oxygen atoms in total. The second kappa shape index (κ2) is 5.69. The molecule has 1 atom stereocenters. The molecule has 84 valence electrons. The minimum atomic E-state index is 0.692. The average Bonchev–Trinajstić information content (AvgIpc) is 2.10. The smallest absolute Gasteiger partial charge is 0.0195 e. The SMILES string of the molecule is CC(C)CN1CCN(CCN)C[C@H]1C. The van der Waals surface area contributed by atoms with Crippen molar-refractivity contribution in [2.75, 3.05) is 39.3 Å². The summed E-state index contributed by atoms with van der Waals surface area (Å²) in [7, 11) is 0. The molecule has 1 aliphatic heterocycles. The van der Waals surface area contributed by atoms with Crippen molar-refractivity contribution < 1.29 is 0 Å². The predicted molar refractivity (Wildman–Crippen MR) is 61.4 cm³/mol. The number of nitrogens with two attached hydrogens (primary N) is 1. The van der Waals surface area contributed by atoms with Gasteiger partial charge in [-0.05, 0) is 12.8 Å². The predicted octanol–water partition coefficient (Wildman–Crippen LogP) is 0.607. The molecule has 0 radical (unpaired) electrons. The molecular weight excluding hydrogens is 174 g/mol. The van der Waals surface area contributed by atoms with Crippen molar-refractivity contribution in [2.45, 2.75) is 26.8 Å². The van der Waals surface area contributed by atoms with Gasteiger partial charge in [0.25, 0.3) is 0 Å². The lowest BCUT2D eigenvalue weighted by atomic mass is 10.1. The molecule has 0 saturated carbocycles. The molecule has 0 aromatic rings. The van der Waals surface area contributed by atoms with Gasteiger partial charge in [0.15, 0.2) is 0 Å². The van der Waals surface area contributed by atoms with Gasteiger partial charge in [-0.3, -0.25) is 9.80 Å². The van der Waals surface area contributed by atoms with E-state index in [4.69, 9.17) is 5.73 Å². The highest BCUT2D eigenvalue weighted by Crippen LogP contribution is 2.11. The summed E-state index contributed by atoms with van der Waals surface area (Å²) >= 11 is 0. The number of nitrogens with zero attached hydrogens (tertiary/aromatic N) is 2. The van der Waals surface area contributed by atoms with Gasteiger partial charge in [-0.25, -0.2) is 0 Å². The minimum Gasteiger partial charge on any atom is -0.329 e. The van der Waals surface area contributed by atoms with Gasteiger partial charge < -0.3 is 5.73 Å². The molecule has 0 aromatic heterocycles. The van der Waals surface area contributed by atoms with Crippen molar-refractivity contribution >= 4 is 0 Å². The lowest BCUT2D eigenvalue weighted by Gasteiger charge is -2.40. The van der Waals surface area contributed by atoms with Gasteiger partial charge >= 0.3 is 0 Å². The Labute approximate surface area is 88.2 Å². The van der Waals surface area contributed by atoms with Crippen LogP contribution in [0.15, 0.2) is 0 Å². The number of hydrogen-bond acceptors (Lipinski definition) is 3. The van der Waals surface area contributed by atoms with Crippen molar-refractivity contribution in [3.8, 4) is 0 Å². The normalized spacial score (nSPS) is 25.9. The molecule has 0 bridgehead atoms. The second-order valence-electron chi connectivity index (χ2n) is 4.83. The zero-order chi connectivity index (χ0) is 10.6. The fourth-order valence-corrected chi connectivity index (χ4v) is 2.20. The number of piperazine rings is 1. The maximum absolute atomic E-state index is 5.56. The van der Waals surface area contributed by atoms with Crippen LogP contribution in [0.2, 0.25) is 0 Å². The van der Waals surface area contributed by atoms with Crippen LogP contribution in [-0.2, 0) is 0 Å². The molecule has 1 saturated heterocycles. The van der Waals surface area contributed by atoms with Crippen LogP contribution < -0.4 is 5.73 Å². The van der Waals surface area contributed by atoms with Crippen LogP contribution in [0.4, 0.5) is 0 Å². The van der Waals surface area contributed by atoms with E-state index in [1.165, 1.54) is 26.2 Å². The molecule has 0 spiro atoms. The topological polar surface area (TPSA) is 32.5 Å². The molecule has 1 fully saturated rings. The fourth-order valence-electron chi connectivity index (χ4n) is 2.20. The zero-order valence-electron chi connectivity index (χ0n) is 9.87. The molecule has 14 heavy (non-hydrogen) atoms. The Morgan fingerprint density at radius 3 is 2.57 bits per heavy atom. The highest BCUT2D eigenvalue weighted by Gasteiger charge is 2.23. The highest BCUT2D eigenvalue weighted by molar-refractivity contribution is 4.79. The van der Waals surface area contributed by atoms with Crippen molar-refractivity contribution in [1.82, 2.24) is 9.80 Å². The maximum atomic E-state index is 5.56. The molecule has 1 heterocycles. The minimum absolute atomic E-state index is 0.692. The van der Waals surface area contributed by atoms with E-state index in [0.29, 0.717) is 6.04 Å². The van der Waals surface area contributed by atoms with E-state index >= 15 is 0 Å². The third-order valence-corrected chi connectivity index (χ3v) is 2.89. The molecule has 3 heteroatoms. The van der Waals surface area contributed by atoms with E-state index in [1.54, 1.807) is 0 Å². The van der Waals surface area contributed by atoms with Crippen molar-refractivity contribution in [3.63, 3.8) is 0 Å². The summed E-state index contributed by atoms with van der Waals surface area (Å²) in [4.78, 5) is 5.07. The Hall–Kier alpha value is -0.120. The molecule has 0 unspecified atom stereocenters. The van der Waals surface area contributed by atoms with Gasteiger partial charge in [0.05, 0.1) is 0 Å². The largest absolute Gasteiger partial charge is 0.329 e. The summed E-state index contributed by atoms with van der Waals surface area (Å²) in [6.07, 6.45) is 0. The summed E-state index contributed by atoms with van der Waals surface area (Å²) < 4.78 is 0. The van der Waals surface area contributed by atoms with Crippen LogP contribution in [0.1, 0.15) is 20.8 Å². The first kappa shape index (κ1) is 12.0. The van der Waals surface area contributed by atoms with Crippen LogP contribution in [0.3, 0.4) is 0 Å². The van der Waals surface area contributed by atoms with E-state index in [-0.39, 0.29) is 0 Å². The maximum Gasteiger partial charge on any atom is 0.0195 e. The summed E-state index contributed by atoms with van der Waals surface area (Å²) in [5.41, 5.74) is 5.56. The van der Waals surface area contributed by atoms with Crippen LogP contribution >= 0.6 is 0 Å². The Kier molecular flexibility index (Phi) is 4.85. The molecule has 0 aromatic carbocycles. The summed E-state index contributed by atoms with van der Waals surface area (Å²) in [6, 6.07) is 0.692. The van der Waals surface area contributed by atoms with E-state index < -0.39 is 0 Å². The second-order valence-corrected chi connectivity index (χ2v) is 4.83. The average molecular weight is 199 g/mol. The van der Waals surface area contributed by atoms with Gasteiger partial charge in [-0.1, -0.05) is 13.8 Å². The monoisotopic (exact) mass is 199 g/mol. The molecule has 0 amide bonds. The Morgan fingerprint density at radius 1 is 1.36 bits per heavy atom. The Balaban J connectivity index is 2.32.